The topological polar surface area (TPSA) is 36.4 Å². The summed E-state index contributed by atoms with van der Waals surface area (Å²) in [5.41, 5.74) is 2.04. The average Bonchev–Trinajstić information content (AvgIpc) is 2.38. The lowest BCUT2D eigenvalue weighted by atomic mass is 10.1. The maximum absolute atomic E-state index is 9.32. The molecule has 0 aliphatic heterocycles. The molecule has 1 atom stereocenters. The van der Waals surface area contributed by atoms with E-state index in [1.807, 2.05) is 12.1 Å². The van der Waals surface area contributed by atoms with E-state index in [-0.39, 0.29) is 6.61 Å². The Balaban J connectivity index is 2.88. The Morgan fingerprint density at radius 1 is 1.33 bits per heavy atom. The minimum Gasteiger partial charge on any atom is -0.392 e. The highest BCUT2D eigenvalue weighted by Crippen LogP contribution is 2.17. The summed E-state index contributed by atoms with van der Waals surface area (Å²) < 4.78 is 0. The van der Waals surface area contributed by atoms with Crippen molar-refractivity contribution in [2.45, 2.75) is 46.6 Å². The summed E-state index contributed by atoms with van der Waals surface area (Å²) in [5.74, 6) is 1.63. The summed E-state index contributed by atoms with van der Waals surface area (Å²) in [6.45, 7) is 7.70. The van der Waals surface area contributed by atoms with Crippen LogP contribution in [0.5, 0.6) is 0 Å². The molecule has 3 nitrogen and oxygen atoms in total. The van der Waals surface area contributed by atoms with Crippen LogP contribution in [0, 0.1) is 5.92 Å². The molecular formula is C15H26N2O. The molecule has 0 saturated carbocycles. The SMILES string of the molecule is CCCc1cc(CO)cc(N(C)CC(C)CC)n1. The fraction of sp³-hybridized carbons (Fsp3) is 0.667. The summed E-state index contributed by atoms with van der Waals surface area (Å²) in [4.78, 5) is 6.86. The van der Waals surface area contributed by atoms with E-state index in [9.17, 15) is 5.11 Å². The molecule has 102 valence electrons. The Morgan fingerprint density at radius 2 is 2.06 bits per heavy atom. The molecule has 1 N–H and O–H groups in total. The number of hydrogen-bond donors (Lipinski definition) is 1. The largest absolute Gasteiger partial charge is 0.392 e. The zero-order chi connectivity index (χ0) is 13.5. The number of aromatic nitrogens is 1. The number of rotatable bonds is 7. The lowest BCUT2D eigenvalue weighted by Gasteiger charge is -2.23. The van der Waals surface area contributed by atoms with E-state index in [0.717, 1.165) is 36.5 Å². The number of aliphatic hydroxyl groups excluding tert-OH is 1. The normalized spacial score (nSPS) is 12.5. The Bertz CT molecular complexity index is 366. The van der Waals surface area contributed by atoms with Gasteiger partial charge in [0.25, 0.3) is 0 Å². The molecule has 0 spiro atoms. The van der Waals surface area contributed by atoms with Crippen molar-refractivity contribution in [1.82, 2.24) is 4.98 Å². The Morgan fingerprint density at radius 3 is 2.61 bits per heavy atom. The average molecular weight is 250 g/mol. The van der Waals surface area contributed by atoms with Gasteiger partial charge in [0.1, 0.15) is 5.82 Å². The smallest absolute Gasteiger partial charge is 0.128 e. The van der Waals surface area contributed by atoms with E-state index in [0.29, 0.717) is 5.92 Å². The van der Waals surface area contributed by atoms with Crippen molar-refractivity contribution in [3.63, 3.8) is 0 Å². The van der Waals surface area contributed by atoms with Crippen LogP contribution in [0.1, 0.15) is 44.9 Å². The molecule has 0 amide bonds. The molecule has 0 aliphatic rings. The fourth-order valence-electron chi connectivity index (χ4n) is 1.99. The quantitative estimate of drug-likeness (QED) is 0.808. The van der Waals surface area contributed by atoms with Gasteiger partial charge in [-0.05, 0) is 30.0 Å². The van der Waals surface area contributed by atoms with Crippen molar-refractivity contribution in [1.29, 1.82) is 0 Å². The van der Waals surface area contributed by atoms with Crippen molar-refractivity contribution >= 4 is 5.82 Å². The van der Waals surface area contributed by atoms with Crippen molar-refractivity contribution in [2.75, 3.05) is 18.5 Å². The van der Waals surface area contributed by atoms with Gasteiger partial charge in [-0.2, -0.15) is 0 Å². The molecule has 1 aromatic rings. The highest BCUT2D eigenvalue weighted by atomic mass is 16.3. The molecule has 1 rings (SSSR count). The molecule has 1 aromatic heterocycles. The second-order valence-corrected chi connectivity index (χ2v) is 5.13. The lowest BCUT2D eigenvalue weighted by Crippen LogP contribution is -2.25. The summed E-state index contributed by atoms with van der Waals surface area (Å²) in [5, 5.41) is 9.32. The first-order valence-electron chi connectivity index (χ1n) is 6.92. The Hall–Kier alpha value is -1.09. The van der Waals surface area contributed by atoms with Crippen LogP contribution < -0.4 is 4.90 Å². The van der Waals surface area contributed by atoms with E-state index in [1.165, 1.54) is 6.42 Å². The van der Waals surface area contributed by atoms with Gasteiger partial charge in [-0.1, -0.05) is 33.6 Å². The molecule has 1 unspecified atom stereocenters. The fourth-order valence-corrected chi connectivity index (χ4v) is 1.99. The molecule has 18 heavy (non-hydrogen) atoms. The van der Waals surface area contributed by atoms with Crippen LogP contribution in [-0.4, -0.2) is 23.7 Å². The molecule has 1 heterocycles. The molecule has 0 aliphatic carbocycles. The maximum Gasteiger partial charge on any atom is 0.128 e. The van der Waals surface area contributed by atoms with Gasteiger partial charge in [0.15, 0.2) is 0 Å². The number of aryl methyl sites for hydroxylation is 1. The van der Waals surface area contributed by atoms with Gasteiger partial charge in [-0.25, -0.2) is 4.98 Å². The maximum atomic E-state index is 9.32. The van der Waals surface area contributed by atoms with Crippen molar-refractivity contribution < 1.29 is 5.11 Å². The van der Waals surface area contributed by atoms with E-state index in [4.69, 9.17) is 0 Å². The third-order valence-corrected chi connectivity index (χ3v) is 3.29. The number of aliphatic hydroxyl groups is 1. The standard InChI is InChI=1S/C15H26N2O/c1-5-7-14-8-13(11-18)9-15(16-14)17(4)10-12(3)6-2/h8-9,12,18H,5-7,10-11H2,1-4H3. The number of pyridine rings is 1. The van der Waals surface area contributed by atoms with E-state index >= 15 is 0 Å². The molecule has 0 radical (unpaired) electrons. The predicted octanol–water partition coefficient (Wildman–Crippen LogP) is 3.01. The van der Waals surface area contributed by atoms with Crippen LogP contribution in [0.2, 0.25) is 0 Å². The lowest BCUT2D eigenvalue weighted by molar-refractivity contribution is 0.281. The first kappa shape index (κ1) is 15.0. The summed E-state index contributed by atoms with van der Waals surface area (Å²) in [6.07, 6.45) is 3.22. The van der Waals surface area contributed by atoms with Gasteiger partial charge < -0.3 is 10.0 Å². The molecular weight excluding hydrogens is 224 g/mol. The minimum absolute atomic E-state index is 0.0867. The highest BCUT2D eigenvalue weighted by molar-refractivity contribution is 5.42. The third kappa shape index (κ3) is 4.30. The van der Waals surface area contributed by atoms with Crippen LogP contribution in [0.4, 0.5) is 5.82 Å². The van der Waals surface area contributed by atoms with Gasteiger partial charge in [0.2, 0.25) is 0 Å². The van der Waals surface area contributed by atoms with Crippen molar-refractivity contribution in [3.8, 4) is 0 Å². The van der Waals surface area contributed by atoms with Gasteiger partial charge in [-0.3, -0.25) is 0 Å². The highest BCUT2D eigenvalue weighted by Gasteiger charge is 2.09. The van der Waals surface area contributed by atoms with Crippen molar-refractivity contribution in [3.05, 3.63) is 23.4 Å². The zero-order valence-electron chi connectivity index (χ0n) is 12.1. The van der Waals surface area contributed by atoms with Crippen LogP contribution in [0.3, 0.4) is 0 Å². The Labute approximate surface area is 111 Å². The number of anilines is 1. The molecule has 0 bridgehead atoms. The van der Waals surface area contributed by atoms with Crippen LogP contribution >= 0.6 is 0 Å². The predicted molar refractivity (Wildman–Crippen MR) is 76.9 cm³/mol. The van der Waals surface area contributed by atoms with Gasteiger partial charge in [-0.15, -0.1) is 0 Å². The third-order valence-electron chi connectivity index (χ3n) is 3.29. The van der Waals surface area contributed by atoms with Crippen LogP contribution in [0.15, 0.2) is 12.1 Å². The van der Waals surface area contributed by atoms with Gasteiger partial charge in [0, 0.05) is 19.3 Å². The summed E-state index contributed by atoms with van der Waals surface area (Å²) in [7, 11) is 2.07. The van der Waals surface area contributed by atoms with Gasteiger partial charge in [0.05, 0.1) is 6.61 Å². The first-order chi connectivity index (χ1) is 8.60. The zero-order valence-corrected chi connectivity index (χ0v) is 12.1. The van der Waals surface area contributed by atoms with Gasteiger partial charge >= 0.3 is 0 Å². The molecule has 3 heteroatoms. The summed E-state index contributed by atoms with van der Waals surface area (Å²) >= 11 is 0. The Kier molecular flexibility index (Phi) is 6.13. The molecule has 0 aromatic carbocycles. The van der Waals surface area contributed by atoms with Crippen molar-refractivity contribution in [2.24, 2.45) is 5.92 Å². The second-order valence-electron chi connectivity index (χ2n) is 5.13. The van der Waals surface area contributed by atoms with E-state index in [2.05, 4.69) is 37.7 Å². The molecule has 0 fully saturated rings. The minimum atomic E-state index is 0.0867. The second kappa shape index (κ2) is 7.37. The number of nitrogens with zero attached hydrogens (tertiary/aromatic N) is 2. The van der Waals surface area contributed by atoms with Crippen LogP contribution in [-0.2, 0) is 13.0 Å². The van der Waals surface area contributed by atoms with E-state index in [1.54, 1.807) is 0 Å². The first-order valence-corrected chi connectivity index (χ1v) is 6.92. The number of hydrogen-bond acceptors (Lipinski definition) is 3. The monoisotopic (exact) mass is 250 g/mol. The van der Waals surface area contributed by atoms with Crippen LogP contribution in [0.25, 0.3) is 0 Å². The summed E-state index contributed by atoms with van der Waals surface area (Å²) in [6, 6.07) is 3.99. The molecule has 0 saturated heterocycles. The van der Waals surface area contributed by atoms with E-state index < -0.39 is 0 Å².